The Hall–Kier alpha value is -1.87. The summed E-state index contributed by atoms with van der Waals surface area (Å²) in [6, 6.07) is 9.90. The van der Waals surface area contributed by atoms with Crippen LogP contribution in [0.5, 0.6) is 17.2 Å². The van der Waals surface area contributed by atoms with Crippen LogP contribution in [0.2, 0.25) is 5.02 Å². The standard InChI is InChI=1S/C13H11ClO3/c1-17-9-4-2-3-8(7-9)12-11(15)6-5-10(14)13(12)16/h2-7,15-16H,1H3. The minimum atomic E-state index is -0.139. The summed E-state index contributed by atoms with van der Waals surface area (Å²) >= 11 is 5.82. The number of ether oxygens (including phenoxy) is 1. The van der Waals surface area contributed by atoms with Crippen LogP contribution in [0.3, 0.4) is 0 Å². The molecule has 17 heavy (non-hydrogen) atoms. The van der Waals surface area contributed by atoms with Gasteiger partial charge in [0.25, 0.3) is 0 Å². The topological polar surface area (TPSA) is 49.7 Å². The lowest BCUT2D eigenvalue weighted by Crippen LogP contribution is -1.85. The van der Waals surface area contributed by atoms with Crippen molar-refractivity contribution in [2.24, 2.45) is 0 Å². The second-order valence-corrected chi connectivity index (χ2v) is 3.93. The summed E-state index contributed by atoms with van der Waals surface area (Å²) in [5.74, 6) is 0.473. The number of phenolic OH excluding ortho intramolecular Hbond substituents is 2. The van der Waals surface area contributed by atoms with E-state index < -0.39 is 0 Å². The molecule has 0 aliphatic heterocycles. The zero-order valence-electron chi connectivity index (χ0n) is 9.14. The minimum absolute atomic E-state index is 0.0276. The Bertz CT molecular complexity index is 552. The fraction of sp³-hybridized carbons (Fsp3) is 0.0769. The van der Waals surface area contributed by atoms with Gasteiger partial charge in [0, 0.05) is 0 Å². The SMILES string of the molecule is COc1cccc(-c2c(O)ccc(Cl)c2O)c1. The molecule has 3 nitrogen and oxygen atoms in total. The molecule has 88 valence electrons. The predicted molar refractivity (Wildman–Crippen MR) is 66.8 cm³/mol. The van der Waals surface area contributed by atoms with E-state index in [-0.39, 0.29) is 16.5 Å². The number of hydrogen-bond donors (Lipinski definition) is 2. The number of benzene rings is 2. The lowest BCUT2D eigenvalue weighted by atomic mass is 10.0. The Kier molecular flexibility index (Phi) is 3.11. The molecule has 0 saturated carbocycles. The van der Waals surface area contributed by atoms with Crippen molar-refractivity contribution in [1.29, 1.82) is 0 Å². The zero-order valence-corrected chi connectivity index (χ0v) is 9.90. The third-order valence-electron chi connectivity index (χ3n) is 2.47. The minimum Gasteiger partial charge on any atom is -0.507 e. The highest BCUT2D eigenvalue weighted by Gasteiger charge is 2.13. The second-order valence-electron chi connectivity index (χ2n) is 3.52. The quantitative estimate of drug-likeness (QED) is 0.859. The van der Waals surface area contributed by atoms with Crippen molar-refractivity contribution < 1.29 is 14.9 Å². The number of hydrogen-bond acceptors (Lipinski definition) is 3. The van der Waals surface area contributed by atoms with Gasteiger partial charge in [-0.05, 0) is 29.8 Å². The molecule has 0 aromatic heterocycles. The van der Waals surface area contributed by atoms with Crippen molar-refractivity contribution in [3.8, 4) is 28.4 Å². The molecular formula is C13H11ClO3. The molecule has 2 aromatic rings. The van der Waals surface area contributed by atoms with E-state index in [1.54, 1.807) is 31.4 Å². The van der Waals surface area contributed by atoms with Crippen molar-refractivity contribution in [2.75, 3.05) is 7.11 Å². The smallest absolute Gasteiger partial charge is 0.145 e. The van der Waals surface area contributed by atoms with Gasteiger partial charge in [-0.15, -0.1) is 0 Å². The van der Waals surface area contributed by atoms with E-state index in [0.717, 1.165) is 0 Å². The van der Waals surface area contributed by atoms with Gasteiger partial charge in [-0.3, -0.25) is 0 Å². The lowest BCUT2D eigenvalue weighted by molar-refractivity contribution is 0.415. The molecular weight excluding hydrogens is 240 g/mol. The fourth-order valence-corrected chi connectivity index (χ4v) is 1.78. The van der Waals surface area contributed by atoms with Gasteiger partial charge in [-0.2, -0.15) is 0 Å². The number of methoxy groups -OCH3 is 1. The largest absolute Gasteiger partial charge is 0.507 e. The van der Waals surface area contributed by atoms with E-state index in [4.69, 9.17) is 16.3 Å². The molecule has 0 spiro atoms. The molecule has 2 aromatic carbocycles. The summed E-state index contributed by atoms with van der Waals surface area (Å²) in [4.78, 5) is 0. The molecule has 0 radical (unpaired) electrons. The molecule has 0 aliphatic carbocycles. The molecule has 0 bridgehead atoms. The highest BCUT2D eigenvalue weighted by atomic mass is 35.5. The van der Waals surface area contributed by atoms with E-state index >= 15 is 0 Å². The van der Waals surface area contributed by atoms with Gasteiger partial charge in [0.2, 0.25) is 0 Å². The monoisotopic (exact) mass is 250 g/mol. The normalized spacial score (nSPS) is 10.2. The fourth-order valence-electron chi connectivity index (χ4n) is 1.62. The molecule has 0 heterocycles. The highest BCUT2D eigenvalue weighted by molar-refractivity contribution is 6.32. The molecule has 0 aliphatic rings. The average molecular weight is 251 g/mol. The van der Waals surface area contributed by atoms with Gasteiger partial charge in [0.1, 0.15) is 17.2 Å². The lowest BCUT2D eigenvalue weighted by Gasteiger charge is -2.09. The molecule has 0 unspecified atom stereocenters. The Morgan fingerprint density at radius 1 is 1.12 bits per heavy atom. The van der Waals surface area contributed by atoms with E-state index in [9.17, 15) is 10.2 Å². The summed E-state index contributed by atoms with van der Waals surface area (Å²) < 4.78 is 5.09. The Morgan fingerprint density at radius 3 is 2.59 bits per heavy atom. The van der Waals surface area contributed by atoms with Crippen LogP contribution in [-0.4, -0.2) is 17.3 Å². The van der Waals surface area contributed by atoms with Crippen molar-refractivity contribution in [3.63, 3.8) is 0 Å². The van der Waals surface area contributed by atoms with Crippen LogP contribution in [0.1, 0.15) is 0 Å². The molecule has 0 fully saturated rings. The molecule has 0 amide bonds. The van der Waals surface area contributed by atoms with Gasteiger partial charge < -0.3 is 14.9 Å². The third-order valence-corrected chi connectivity index (χ3v) is 2.77. The van der Waals surface area contributed by atoms with Crippen LogP contribution in [0.15, 0.2) is 36.4 Å². The molecule has 2 rings (SSSR count). The Balaban J connectivity index is 2.63. The van der Waals surface area contributed by atoms with Crippen LogP contribution in [0.4, 0.5) is 0 Å². The van der Waals surface area contributed by atoms with Crippen molar-refractivity contribution in [3.05, 3.63) is 41.4 Å². The molecule has 0 atom stereocenters. The summed E-state index contributed by atoms with van der Waals surface area (Å²) in [6.07, 6.45) is 0. The van der Waals surface area contributed by atoms with Gasteiger partial charge in [-0.1, -0.05) is 23.7 Å². The first-order valence-corrected chi connectivity index (χ1v) is 5.36. The highest BCUT2D eigenvalue weighted by Crippen LogP contribution is 2.42. The Morgan fingerprint density at radius 2 is 1.88 bits per heavy atom. The van der Waals surface area contributed by atoms with Gasteiger partial charge in [0.05, 0.1) is 17.7 Å². The van der Waals surface area contributed by atoms with Gasteiger partial charge >= 0.3 is 0 Å². The van der Waals surface area contributed by atoms with Crippen LogP contribution in [0.25, 0.3) is 11.1 Å². The number of halogens is 1. The van der Waals surface area contributed by atoms with E-state index in [1.165, 1.54) is 12.1 Å². The second kappa shape index (κ2) is 4.55. The van der Waals surface area contributed by atoms with Crippen LogP contribution in [0, 0.1) is 0 Å². The maximum Gasteiger partial charge on any atom is 0.145 e. The van der Waals surface area contributed by atoms with Crippen LogP contribution < -0.4 is 4.74 Å². The number of aromatic hydroxyl groups is 2. The third kappa shape index (κ3) is 2.15. The van der Waals surface area contributed by atoms with Crippen LogP contribution >= 0.6 is 11.6 Å². The maximum absolute atomic E-state index is 9.86. The number of phenols is 2. The van der Waals surface area contributed by atoms with Crippen molar-refractivity contribution >= 4 is 11.6 Å². The zero-order chi connectivity index (χ0) is 12.4. The summed E-state index contributed by atoms with van der Waals surface area (Å²) in [5, 5.41) is 19.8. The first kappa shape index (κ1) is 11.6. The predicted octanol–water partition coefficient (Wildman–Crippen LogP) is 3.43. The maximum atomic E-state index is 9.86. The molecule has 4 heteroatoms. The first-order valence-electron chi connectivity index (χ1n) is 4.98. The van der Waals surface area contributed by atoms with Crippen molar-refractivity contribution in [2.45, 2.75) is 0 Å². The molecule has 2 N–H and O–H groups in total. The van der Waals surface area contributed by atoms with E-state index in [1.807, 2.05) is 0 Å². The molecule has 0 saturated heterocycles. The van der Waals surface area contributed by atoms with E-state index in [0.29, 0.717) is 16.9 Å². The van der Waals surface area contributed by atoms with Gasteiger partial charge in [-0.25, -0.2) is 0 Å². The summed E-state index contributed by atoms with van der Waals surface area (Å²) in [6.45, 7) is 0. The van der Waals surface area contributed by atoms with E-state index in [2.05, 4.69) is 0 Å². The summed E-state index contributed by atoms with van der Waals surface area (Å²) in [7, 11) is 1.55. The van der Waals surface area contributed by atoms with Crippen LogP contribution in [-0.2, 0) is 0 Å². The number of rotatable bonds is 2. The summed E-state index contributed by atoms with van der Waals surface area (Å²) in [5.41, 5.74) is 0.943. The van der Waals surface area contributed by atoms with Gasteiger partial charge in [0.15, 0.2) is 0 Å². The Labute approximate surface area is 104 Å². The average Bonchev–Trinajstić information content (AvgIpc) is 2.35. The first-order chi connectivity index (χ1) is 8.13. The van der Waals surface area contributed by atoms with Crippen molar-refractivity contribution in [1.82, 2.24) is 0 Å².